The molecule has 27 heavy (non-hydrogen) atoms. The highest BCUT2D eigenvalue weighted by Crippen LogP contribution is 2.25. The summed E-state index contributed by atoms with van der Waals surface area (Å²) in [6.07, 6.45) is 0.195. The third-order valence-electron chi connectivity index (χ3n) is 5.58. The molecule has 6 nitrogen and oxygen atoms in total. The fourth-order valence-electron chi connectivity index (χ4n) is 4.05. The summed E-state index contributed by atoms with van der Waals surface area (Å²) in [6, 6.07) is 4.64. The Morgan fingerprint density at radius 3 is 2.85 bits per heavy atom. The maximum atomic E-state index is 14.4. The number of nitrogens with one attached hydrogen (secondary N) is 1. The van der Waals surface area contributed by atoms with E-state index >= 15 is 0 Å². The molecule has 2 aliphatic rings. The number of nitrogens with zero attached hydrogens (tertiary/aromatic N) is 3. The standard InChI is InChI=1S/C19H24F2N4O2/c1-12(26)24-6-4-14(5-7-24)25-9-15(21)18(10-25)27-11-19-22-16-3-2-13(20)8-17(16)23-19/h2-3,8,14-15,18H,4-7,9-11H2,1H3,(H,22,23)/t15-,18+/m1/s1. The molecule has 4 rings (SSSR count). The Kier molecular flexibility index (Phi) is 5.10. The van der Waals surface area contributed by atoms with Gasteiger partial charge in [-0.15, -0.1) is 0 Å². The van der Waals surface area contributed by atoms with E-state index < -0.39 is 12.3 Å². The lowest BCUT2D eigenvalue weighted by Gasteiger charge is -2.36. The summed E-state index contributed by atoms with van der Waals surface area (Å²) >= 11 is 0. The molecule has 0 unspecified atom stereocenters. The third kappa shape index (κ3) is 3.96. The summed E-state index contributed by atoms with van der Waals surface area (Å²) in [4.78, 5) is 22.8. The van der Waals surface area contributed by atoms with Crippen molar-refractivity contribution < 1.29 is 18.3 Å². The number of benzene rings is 1. The van der Waals surface area contributed by atoms with Crippen LogP contribution >= 0.6 is 0 Å². The van der Waals surface area contributed by atoms with E-state index in [1.54, 1.807) is 13.0 Å². The van der Waals surface area contributed by atoms with Crippen molar-refractivity contribution in [2.75, 3.05) is 26.2 Å². The van der Waals surface area contributed by atoms with Gasteiger partial charge in [0.15, 0.2) is 0 Å². The van der Waals surface area contributed by atoms with E-state index in [4.69, 9.17) is 4.74 Å². The summed E-state index contributed by atoms with van der Waals surface area (Å²) in [5, 5.41) is 0. The molecule has 2 aromatic rings. The number of hydrogen-bond donors (Lipinski definition) is 1. The maximum absolute atomic E-state index is 14.4. The summed E-state index contributed by atoms with van der Waals surface area (Å²) < 4.78 is 33.5. The molecule has 1 aromatic heterocycles. The first-order valence-corrected chi connectivity index (χ1v) is 9.39. The van der Waals surface area contributed by atoms with Crippen LogP contribution in [0.1, 0.15) is 25.6 Å². The molecule has 8 heteroatoms. The van der Waals surface area contributed by atoms with Gasteiger partial charge in [-0.1, -0.05) is 0 Å². The minimum Gasteiger partial charge on any atom is -0.366 e. The molecule has 2 atom stereocenters. The normalized spacial score (nSPS) is 24.8. The predicted octanol–water partition coefficient (Wildman–Crippen LogP) is 2.25. The molecule has 1 aromatic carbocycles. The molecule has 0 radical (unpaired) electrons. The number of alkyl halides is 1. The van der Waals surface area contributed by atoms with E-state index in [1.165, 1.54) is 12.1 Å². The Morgan fingerprint density at radius 1 is 1.33 bits per heavy atom. The van der Waals surface area contributed by atoms with Crippen LogP contribution in [-0.2, 0) is 16.1 Å². The van der Waals surface area contributed by atoms with Crippen LogP contribution in [0.15, 0.2) is 18.2 Å². The zero-order chi connectivity index (χ0) is 19.0. The smallest absolute Gasteiger partial charge is 0.219 e. The predicted molar refractivity (Wildman–Crippen MR) is 96.4 cm³/mol. The first-order valence-electron chi connectivity index (χ1n) is 9.39. The van der Waals surface area contributed by atoms with Crippen molar-refractivity contribution in [1.82, 2.24) is 19.8 Å². The highest BCUT2D eigenvalue weighted by molar-refractivity contribution is 5.75. The molecular formula is C19H24F2N4O2. The number of H-pyrrole nitrogens is 1. The summed E-state index contributed by atoms with van der Waals surface area (Å²) in [7, 11) is 0. The number of imidazole rings is 1. The summed E-state index contributed by atoms with van der Waals surface area (Å²) in [5.41, 5.74) is 1.27. The van der Waals surface area contributed by atoms with Crippen molar-refractivity contribution in [1.29, 1.82) is 0 Å². The van der Waals surface area contributed by atoms with Gasteiger partial charge in [-0.3, -0.25) is 9.69 Å². The van der Waals surface area contributed by atoms with Crippen LogP contribution in [0.3, 0.4) is 0 Å². The second-order valence-electron chi connectivity index (χ2n) is 7.40. The molecule has 1 N–H and O–H groups in total. The number of halogens is 2. The number of aromatic nitrogens is 2. The first kappa shape index (κ1) is 18.3. The van der Waals surface area contributed by atoms with Gasteiger partial charge in [0.25, 0.3) is 0 Å². The quantitative estimate of drug-likeness (QED) is 0.887. The number of fused-ring (bicyclic) bond motifs is 1. The van der Waals surface area contributed by atoms with Crippen molar-refractivity contribution in [2.24, 2.45) is 0 Å². The maximum Gasteiger partial charge on any atom is 0.219 e. The van der Waals surface area contributed by atoms with Crippen molar-refractivity contribution in [3.8, 4) is 0 Å². The Balaban J connectivity index is 1.31. The Labute approximate surface area is 156 Å². The lowest BCUT2D eigenvalue weighted by molar-refractivity contribution is -0.130. The van der Waals surface area contributed by atoms with Crippen molar-refractivity contribution in [3.63, 3.8) is 0 Å². The van der Waals surface area contributed by atoms with E-state index in [0.717, 1.165) is 25.9 Å². The topological polar surface area (TPSA) is 61.5 Å². The number of likely N-dealkylation sites (tertiary alicyclic amines) is 2. The average Bonchev–Trinajstić information content (AvgIpc) is 3.22. The Morgan fingerprint density at radius 2 is 2.11 bits per heavy atom. The van der Waals surface area contributed by atoms with Gasteiger partial charge >= 0.3 is 0 Å². The van der Waals surface area contributed by atoms with Crippen LogP contribution in [0.4, 0.5) is 8.78 Å². The van der Waals surface area contributed by atoms with E-state index in [2.05, 4.69) is 14.9 Å². The number of amides is 1. The average molecular weight is 378 g/mol. The molecule has 0 bridgehead atoms. The van der Waals surface area contributed by atoms with E-state index in [1.807, 2.05) is 4.90 Å². The lowest BCUT2D eigenvalue weighted by atomic mass is 10.0. The molecule has 3 heterocycles. The van der Waals surface area contributed by atoms with E-state index in [9.17, 15) is 13.6 Å². The van der Waals surface area contributed by atoms with Crippen LogP contribution in [0.5, 0.6) is 0 Å². The fraction of sp³-hybridized carbons (Fsp3) is 0.579. The van der Waals surface area contributed by atoms with Gasteiger partial charge in [-0.25, -0.2) is 13.8 Å². The van der Waals surface area contributed by atoms with E-state index in [0.29, 0.717) is 36.0 Å². The molecule has 0 saturated carbocycles. The zero-order valence-corrected chi connectivity index (χ0v) is 15.3. The van der Waals surface area contributed by atoms with Gasteiger partial charge in [0.05, 0.1) is 11.0 Å². The molecule has 1 amide bonds. The molecular weight excluding hydrogens is 354 g/mol. The van der Waals surface area contributed by atoms with Gasteiger partial charge in [0, 0.05) is 39.1 Å². The van der Waals surface area contributed by atoms with Crippen LogP contribution in [-0.4, -0.2) is 70.2 Å². The minimum atomic E-state index is -1.04. The fourth-order valence-corrected chi connectivity index (χ4v) is 4.05. The second-order valence-corrected chi connectivity index (χ2v) is 7.40. The van der Waals surface area contributed by atoms with Gasteiger partial charge in [0.1, 0.15) is 30.5 Å². The van der Waals surface area contributed by atoms with Crippen LogP contribution in [0.2, 0.25) is 0 Å². The highest BCUT2D eigenvalue weighted by Gasteiger charge is 2.38. The number of ether oxygens (including phenoxy) is 1. The second kappa shape index (κ2) is 7.52. The number of rotatable bonds is 4. The van der Waals surface area contributed by atoms with Crippen LogP contribution < -0.4 is 0 Å². The van der Waals surface area contributed by atoms with Crippen molar-refractivity contribution in [2.45, 2.75) is 44.7 Å². The SMILES string of the molecule is CC(=O)N1CCC(N2C[C@@H](F)[C@@H](OCc3nc4ccc(F)cc4[nH]3)C2)CC1. The molecule has 2 fully saturated rings. The van der Waals surface area contributed by atoms with Gasteiger partial charge in [-0.05, 0) is 31.0 Å². The number of carbonyl (C=O) groups excluding carboxylic acids is 1. The monoisotopic (exact) mass is 378 g/mol. The Bertz CT molecular complexity index is 819. The van der Waals surface area contributed by atoms with Crippen molar-refractivity contribution >= 4 is 16.9 Å². The van der Waals surface area contributed by atoms with Crippen molar-refractivity contribution in [3.05, 3.63) is 29.8 Å². The number of piperidine rings is 1. The number of aromatic amines is 1. The first-order chi connectivity index (χ1) is 13.0. The molecule has 0 aliphatic carbocycles. The van der Waals surface area contributed by atoms with Gasteiger partial charge in [-0.2, -0.15) is 0 Å². The van der Waals surface area contributed by atoms with Gasteiger partial charge in [0.2, 0.25) is 5.91 Å². The molecule has 2 saturated heterocycles. The molecule has 146 valence electrons. The summed E-state index contributed by atoms with van der Waals surface area (Å²) in [6.45, 7) is 4.12. The van der Waals surface area contributed by atoms with Crippen LogP contribution in [0.25, 0.3) is 11.0 Å². The van der Waals surface area contributed by atoms with E-state index in [-0.39, 0.29) is 18.3 Å². The zero-order valence-electron chi connectivity index (χ0n) is 15.3. The van der Waals surface area contributed by atoms with Crippen LogP contribution in [0, 0.1) is 5.82 Å². The largest absolute Gasteiger partial charge is 0.366 e. The number of hydrogen-bond acceptors (Lipinski definition) is 4. The summed E-state index contributed by atoms with van der Waals surface area (Å²) in [5.74, 6) is 0.339. The molecule has 0 spiro atoms. The Hall–Kier alpha value is -2.06. The lowest BCUT2D eigenvalue weighted by Crippen LogP contribution is -2.45. The minimum absolute atomic E-state index is 0.102. The molecule has 2 aliphatic heterocycles. The number of carbonyl (C=O) groups is 1. The van der Waals surface area contributed by atoms with Gasteiger partial charge < -0.3 is 14.6 Å². The third-order valence-corrected chi connectivity index (χ3v) is 5.58. The highest BCUT2D eigenvalue weighted by atomic mass is 19.1.